The molecule has 3 aromatic rings. The maximum atomic E-state index is 12.5. The van der Waals surface area contributed by atoms with Gasteiger partial charge in [-0.15, -0.1) is 0 Å². The van der Waals surface area contributed by atoms with Gasteiger partial charge in [0.05, 0.1) is 0 Å². The lowest BCUT2D eigenvalue weighted by Crippen LogP contribution is -2.45. The first kappa shape index (κ1) is 17.0. The van der Waals surface area contributed by atoms with Crippen molar-refractivity contribution in [2.75, 3.05) is 0 Å². The molecule has 0 bridgehead atoms. The summed E-state index contributed by atoms with van der Waals surface area (Å²) < 4.78 is 0. The Balaban J connectivity index is 1.77. The highest BCUT2D eigenvalue weighted by Gasteiger charge is 2.19. The quantitative estimate of drug-likeness (QED) is 0.739. The number of benzene rings is 3. The number of primary amides is 1. The van der Waals surface area contributed by atoms with Gasteiger partial charge in [-0.25, -0.2) is 0 Å². The number of rotatable bonds is 5. The fourth-order valence-electron chi connectivity index (χ4n) is 2.65. The van der Waals surface area contributed by atoms with Gasteiger partial charge in [0.2, 0.25) is 5.91 Å². The Bertz CT molecular complexity index is 922. The molecule has 3 aromatic carbocycles. The van der Waals surface area contributed by atoms with Crippen molar-refractivity contribution >= 4 is 34.2 Å². The topological polar surface area (TPSA) is 72.2 Å². The van der Waals surface area contributed by atoms with E-state index in [9.17, 15) is 9.59 Å². The molecule has 0 aliphatic carbocycles. The Morgan fingerprint density at radius 2 is 1.64 bits per heavy atom. The number of nitrogens with two attached hydrogens (primary N) is 1. The summed E-state index contributed by atoms with van der Waals surface area (Å²) in [5.74, 6) is -0.910. The van der Waals surface area contributed by atoms with Crippen LogP contribution < -0.4 is 11.1 Å². The molecule has 126 valence electrons. The highest BCUT2D eigenvalue weighted by atomic mass is 35.5. The monoisotopic (exact) mass is 352 g/mol. The predicted molar refractivity (Wildman–Crippen MR) is 99.6 cm³/mol. The fourth-order valence-corrected chi connectivity index (χ4v) is 2.78. The molecular weight excluding hydrogens is 336 g/mol. The number of amides is 2. The van der Waals surface area contributed by atoms with Gasteiger partial charge >= 0.3 is 0 Å². The number of carbonyl (C=O) groups is 2. The van der Waals surface area contributed by atoms with Crippen molar-refractivity contribution in [3.05, 3.63) is 82.9 Å². The Kier molecular flexibility index (Phi) is 5.00. The smallest absolute Gasteiger partial charge is 0.251 e. The van der Waals surface area contributed by atoms with Crippen molar-refractivity contribution in [1.29, 1.82) is 0 Å². The summed E-state index contributed by atoms with van der Waals surface area (Å²) in [5.41, 5.74) is 6.81. The van der Waals surface area contributed by atoms with E-state index < -0.39 is 11.9 Å². The number of halogens is 1. The molecule has 1 atom stereocenters. The highest BCUT2D eigenvalue weighted by molar-refractivity contribution is 6.30. The maximum Gasteiger partial charge on any atom is 0.251 e. The summed E-state index contributed by atoms with van der Waals surface area (Å²) in [6.45, 7) is 0. The SMILES string of the molecule is NC(=O)[C@@H](Cc1ccc(Cl)cc1)NC(=O)c1ccc2ccccc2c1. The Labute approximate surface area is 150 Å². The second-order valence-electron chi connectivity index (χ2n) is 5.82. The number of carbonyl (C=O) groups excluding carboxylic acids is 2. The number of hydrogen-bond acceptors (Lipinski definition) is 2. The number of fused-ring (bicyclic) bond motifs is 1. The zero-order chi connectivity index (χ0) is 17.8. The molecule has 0 fully saturated rings. The molecule has 3 rings (SSSR count). The van der Waals surface area contributed by atoms with Gasteiger partial charge in [-0.1, -0.05) is 54.1 Å². The normalized spacial score (nSPS) is 11.9. The standard InChI is InChI=1S/C20H17ClN2O2/c21-17-9-5-13(6-10-17)11-18(19(22)24)23-20(25)16-8-7-14-3-1-2-4-15(14)12-16/h1-10,12,18H,11H2,(H2,22,24)(H,23,25)/t18-/m1/s1. The van der Waals surface area contributed by atoms with Crippen LogP contribution in [0.25, 0.3) is 10.8 Å². The van der Waals surface area contributed by atoms with E-state index in [1.54, 1.807) is 36.4 Å². The van der Waals surface area contributed by atoms with Gasteiger partial charge in [0, 0.05) is 17.0 Å². The van der Waals surface area contributed by atoms with E-state index in [0.717, 1.165) is 16.3 Å². The van der Waals surface area contributed by atoms with E-state index in [1.807, 2.05) is 30.3 Å². The van der Waals surface area contributed by atoms with E-state index in [2.05, 4.69) is 5.32 Å². The van der Waals surface area contributed by atoms with Crippen molar-refractivity contribution in [1.82, 2.24) is 5.32 Å². The molecule has 0 unspecified atom stereocenters. The molecule has 3 N–H and O–H groups in total. The lowest BCUT2D eigenvalue weighted by Gasteiger charge is -2.16. The zero-order valence-electron chi connectivity index (χ0n) is 13.4. The van der Waals surface area contributed by atoms with Gasteiger partial charge in [0.15, 0.2) is 0 Å². The highest BCUT2D eigenvalue weighted by Crippen LogP contribution is 2.16. The van der Waals surface area contributed by atoms with E-state index in [1.165, 1.54) is 0 Å². The molecular formula is C20H17ClN2O2. The third-order valence-electron chi connectivity index (χ3n) is 4.01. The summed E-state index contributed by atoms with van der Waals surface area (Å²) in [5, 5.41) is 5.33. The van der Waals surface area contributed by atoms with Crippen LogP contribution in [0.4, 0.5) is 0 Å². The van der Waals surface area contributed by atoms with Crippen LogP contribution in [0.3, 0.4) is 0 Å². The van der Waals surface area contributed by atoms with Crippen LogP contribution in [-0.4, -0.2) is 17.9 Å². The largest absolute Gasteiger partial charge is 0.368 e. The van der Waals surface area contributed by atoms with Gasteiger partial charge in [-0.05, 0) is 40.6 Å². The minimum atomic E-state index is -0.792. The Morgan fingerprint density at radius 1 is 0.960 bits per heavy atom. The number of nitrogens with one attached hydrogen (secondary N) is 1. The maximum absolute atomic E-state index is 12.5. The Hall–Kier alpha value is -2.85. The fraction of sp³-hybridized carbons (Fsp3) is 0.100. The zero-order valence-corrected chi connectivity index (χ0v) is 14.2. The predicted octanol–water partition coefficient (Wildman–Crippen LogP) is 3.32. The lowest BCUT2D eigenvalue weighted by atomic mass is 10.0. The minimum Gasteiger partial charge on any atom is -0.368 e. The molecule has 0 saturated carbocycles. The second-order valence-corrected chi connectivity index (χ2v) is 6.26. The summed E-state index contributed by atoms with van der Waals surface area (Å²) in [7, 11) is 0. The molecule has 0 aliphatic heterocycles. The first-order valence-electron chi connectivity index (χ1n) is 7.86. The second kappa shape index (κ2) is 7.36. The molecule has 5 heteroatoms. The van der Waals surface area contributed by atoms with Crippen LogP contribution in [0.5, 0.6) is 0 Å². The van der Waals surface area contributed by atoms with Crippen molar-refractivity contribution in [2.24, 2.45) is 5.73 Å². The first-order chi connectivity index (χ1) is 12.0. The van der Waals surface area contributed by atoms with Crippen molar-refractivity contribution in [2.45, 2.75) is 12.5 Å². The third-order valence-corrected chi connectivity index (χ3v) is 4.27. The molecule has 0 aliphatic rings. The van der Waals surface area contributed by atoms with Crippen molar-refractivity contribution < 1.29 is 9.59 Å². The van der Waals surface area contributed by atoms with Crippen LogP contribution >= 0.6 is 11.6 Å². The van der Waals surface area contributed by atoms with Gasteiger partial charge in [-0.2, -0.15) is 0 Å². The van der Waals surface area contributed by atoms with Crippen molar-refractivity contribution in [3.63, 3.8) is 0 Å². The summed E-state index contributed by atoms with van der Waals surface area (Å²) in [6, 6.07) is 19.5. The molecule has 0 aromatic heterocycles. The molecule has 0 radical (unpaired) electrons. The average Bonchev–Trinajstić information content (AvgIpc) is 2.62. The van der Waals surface area contributed by atoms with Gasteiger partial charge < -0.3 is 11.1 Å². The summed E-state index contributed by atoms with van der Waals surface area (Å²) in [6.07, 6.45) is 0.311. The lowest BCUT2D eigenvalue weighted by molar-refractivity contribution is -0.119. The van der Waals surface area contributed by atoms with E-state index >= 15 is 0 Å². The van der Waals surface area contributed by atoms with Gasteiger partial charge in [0.25, 0.3) is 5.91 Å². The molecule has 25 heavy (non-hydrogen) atoms. The first-order valence-corrected chi connectivity index (χ1v) is 8.24. The van der Waals surface area contributed by atoms with Crippen molar-refractivity contribution in [3.8, 4) is 0 Å². The molecule has 0 saturated heterocycles. The molecule has 0 spiro atoms. The van der Waals surface area contributed by atoms with Gasteiger partial charge in [0.1, 0.15) is 6.04 Å². The molecule has 0 heterocycles. The van der Waals surface area contributed by atoms with Crippen LogP contribution in [0, 0.1) is 0 Å². The Morgan fingerprint density at radius 3 is 2.32 bits per heavy atom. The van der Waals surface area contributed by atoms with Crippen LogP contribution in [-0.2, 0) is 11.2 Å². The van der Waals surface area contributed by atoms with Gasteiger partial charge in [-0.3, -0.25) is 9.59 Å². The minimum absolute atomic E-state index is 0.311. The summed E-state index contributed by atoms with van der Waals surface area (Å²) >= 11 is 5.86. The van der Waals surface area contributed by atoms with Crippen LogP contribution in [0.1, 0.15) is 15.9 Å². The van der Waals surface area contributed by atoms with Crippen LogP contribution in [0.15, 0.2) is 66.7 Å². The molecule has 2 amide bonds. The van der Waals surface area contributed by atoms with E-state index in [0.29, 0.717) is 17.0 Å². The van der Waals surface area contributed by atoms with E-state index in [4.69, 9.17) is 17.3 Å². The number of hydrogen-bond donors (Lipinski definition) is 2. The summed E-state index contributed by atoms with van der Waals surface area (Å²) in [4.78, 5) is 24.2. The van der Waals surface area contributed by atoms with E-state index in [-0.39, 0.29) is 5.91 Å². The third kappa shape index (κ3) is 4.17. The average molecular weight is 353 g/mol. The molecule has 4 nitrogen and oxygen atoms in total. The van der Waals surface area contributed by atoms with Crippen LogP contribution in [0.2, 0.25) is 5.02 Å².